The first-order valence-electron chi connectivity index (χ1n) is 9.81. The van der Waals surface area contributed by atoms with Crippen molar-refractivity contribution in [1.82, 2.24) is 14.8 Å². The van der Waals surface area contributed by atoms with Gasteiger partial charge < -0.3 is 15.4 Å². The number of amides is 1. The number of rotatable bonds is 5. The van der Waals surface area contributed by atoms with Crippen molar-refractivity contribution in [1.29, 1.82) is 0 Å². The SMILES string of the molecule is CCc1ccc([C@@H]2[C@@H](C(=O)Nc3ccccc3OC)[C@@H](C)Nc3ncnn32)cc1. The second-order valence-corrected chi connectivity index (χ2v) is 7.22. The standard InChI is InChI=1S/C22H25N5O2/c1-4-15-9-11-16(12-10-15)20-19(14(2)25-22-23-13-24-27(20)22)21(28)26-17-7-5-6-8-18(17)29-3/h5-14,19-20H,4H2,1-3H3,(H,26,28)(H,23,24,25)/t14-,19+,20-/m1/s1. The fourth-order valence-electron chi connectivity index (χ4n) is 3.91. The van der Waals surface area contributed by atoms with E-state index < -0.39 is 0 Å². The van der Waals surface area contributed by atoms with Crippen LogP contribution in [0.2, 0.25) is 0 Å². The Labute approximate surface area is 170 Å². The molecule has 150 valence electrons. The molecule has 0 saturated carbocycles. The molecule has 2 N–H and O–H groups in total. The number of nitrogens with zero attached hydrogens (tertiary/aromatic N) is 3. The van der Waals surface area contributed by atoms with Crippen molar-refractivity contribution in [3.05, 3.63) is 66.0 Å². The molecular weight excluding hydrogens is 366 g/mol. The number of fused-ring (bicyclic) bond motifs is 1. The fraction of sp³-hybridized carbons (Fsp3) is 0.318. The van der Waals surface area contributed by atoms with Gasteiger partial charge in [-0.2, -0.15) is 10.1 Å². The van der Waals surface area contributed by atoms with E-state index >= 15 is 0 Å². The van der Waals surface area contributed by atoms with Gasteiger partial charge in [-0.3, -0.25) is 4.79 Å². The lowest BCUT2D eigenvalue weighted by Gasteiger charge is -2.37. The van der Waals surface area contributed by atoms with Gasteiger partial charge in [-0.1, -0.05) is 43.3 Å². The van der Waals surface area contributed by atoms with Gasteiger partial charge in [-0.05, 0) is 36.6 Å². The number of ether oxygens (including phenoxy) is 1. The Morgan fingerprint density at radius 2 is 1.97 bits per heavy atom. The molecule has 3 aromatic rings. The highest BCUT2D eigenvalue weighted by Crippen LogP contribution is 2.37. The maximum atomic E-state index is 13.4. The van der Waals surface area contributed by atoms with E-state index in [2.05, 4.69) is 51.9 Å². The van der Waals surface area contributed by atoms with Crippen LogP contribution in [0.25, 0.3) is 0 Å². The molecule has 0 unspecified atom stereocenters. The van der Waals surface area contributed by atoms with Crippen LogP contribution in [-0.4, -0.2) is 33.8 Å². The zero-order valence-electron chi connectivity index (χ0n) is 16.8. The summed E-state index contributed by atoms with van der Waals surface area (Å²) in [7, 11) is 1.59. The van der Waals surface area contributed by atoms with E-state index in [0.717, 1.165) is 12.0 Å². The largest absolute Gasteiger partial charge is 0.495 e. The molecule has 0 radical (unpaired) electrons. The number of carbonyl (C=O) groups is 1. The quantitative estimate of drug-likeness (QED) is 0.696. The first-order valence-corrected chi connectivity index (χ1v) is 9.81. The van der Waals surface area contributed by atoms with Gasteiger partial charge in [0.1, 0.15) is 12.1 Å². The molecule has 0 aliphatic carbocycles. The highest BCUT2D eigenvalue weighted by atomic mass is 16.5. The van der Waals surface area contributed by atoms with Gasteiger partial charge in [0.15, 0.2) is 0 Å². The van der Waals surface area contributed by atoms with Crippen molar-refractivity contribution in [2.75, 3.05) is 17.7 Å². The predicted octanol–water partition coefficient (Wildman–Crippen LogP) is 3.51. The van der Waals surface area contributed by atoms with Crippen molar-refractivity contribution >= 4 is 17.5 Å². The first kappa shape index (κ1) is 19.0. The number of aryl methyl sites for hydroxylation is 1. The lowest BCUT2D eigenvalue weighted by atomic mass is 9.85. The van der Waals surface area contributed by atoms with E-state index in [4.69, 9.17) is 4.74 Å². The summed E-state index contributed by atoms with van der Waals surface area (Å²) < 4.78 is 7.18. The highest BCUT2D eigenvalue weighted by Gasteiger charge is 2.41. The van der Waals surface area contributed by atoms with Gasteiger partial charge >= 0.3 is 0 Å². The third kappa shape index (κ3) is 3.55. The smallest absolute Gasteiger partial charge is 0.232 e. The minimum absolute atomic E-state index is 0.0970. The van der Waals surface area contributed by atoms with E-state index in [1.807, 2.05) is 31.2 Å². The van der Waals surface area contributed by atoms with E-state index in [9.17, 15) is 4.79 Å². The van der Waals surface area contributed by atoms with Crippen molar-refractivity contribution in [3.8, 4) is 5.75 Å². The maximum absolute atomic E-state index is 13.4. The molecule has 7 heteroatoms. The van der Waals surface area contributed by atoms with Crippen LogP contribution < -0.4 is 15.4 Å². The van der Waals surface area contributed by atoms with Crippen LogP contribution in [0.15, 0.2) is 54.9 Å². The number of carbonyl (C=O) groups excluding carboxylic acids is 1. The Balaban J connectivity index is 1.71. The molecule has 0 saturated heterocycles. The van der Waals surface area contributed by atoms with E-state index in [-0.39, 0.29) is 23.9 Å². The summed E-state index contributed by atoms with van der Waals surface area (Å²) in [5.41, 5.74) is 2.93. The van der Waals surface area contributed by atoms with Crippen LogP contribution in [0.1, 0.15) is 31.0 Å². The fourth-order valence-corrected chi connectivity index (χ4v) is 3.91. The molecular formula is C22H25N5O2. The molecule has 7 nitrogen and oxygen atoms in total. The number of anilines is 2. The Morgan fingerprint density at radius 1 is 1.21 bits per heavy atom. The molecule has 4 rings (SSSR count). The average Bonchev–Trinajstić information content (AvgIpc) is 3.21. The number of methoxy groups -OCH3 is 1. The molecule has 3 atom stereocenters. The van der Waals surface area contributed by atoms with Crippen LogP contribution in [0.5, 0.6) is 5.75 Å². The minimum atomic E-state index is -0.387. The van der Waals surface area contributed by atoms with Gasteiger partial charge in [-0.25, -0.2) is 4.68 Å². The third-order valence-corrected chi connectivity index (χ3v) is 5.47. The molecule has 1 aliphatic heterocycles. The molecule has 0 spiro atoms. The Morgan fingerprint density at radius 3 is 2.69 bits per heavy atom. The lowest BCUT2D eigenvalue weighted by Crippen LogP contribution is -2.46. The molecule has 2 heterocycles. The van der Waals surface area contributed by atoms with Crippen molar-refractivity contribution in [2.24, 2.45) is 5.92 Å². The van der Waals surface area contributed by atoms with Crippen molar-refractivity contribution < 1.29 is 9.53 Å². The van der Waals surface area contributed by atoms with E-state index in [1.165, 1.54) is 11.9 Å². The van der Waals surface area contributed by atoms with E-state index in [1.54, 1.807) is 11.8 Å². The van der Waals surface area contributed by atoms with Crippen LogP contribution in [0.4, 0.5) is 11.6 Å². The van der Waals surface area contributed by atoms with E-state index in [0.29, 0.717) is 17.4 Å². The summed E-state index contributed by atoms with van der Waals surface area (Å²) in [5.74, 6) is 0.813. The molecule has 0 fully saturated rings. The average molecular weight is 391 g/mol. The number of benzene rings is 2. The second kappa shape index (κ2) is 7.95. The van der Waals surface area contributed by atoms with Crippen molar-refractivity contribution in [3.63, 3.8) is 0 Å². The monoisotopic (exact) mass is 391 g/mol. The Kier molecular flexibility index (Phi) is 5.20. The van der Waals surface area contributed by atoms with Gasteiger partial charge in [0.05, 0.1) is 24.8 Å². The van der Waals surface area contributed by atoms with Crippen LogP contribution in [0, 0.1) is 5.92 Å². The Bertz CT molecular complexity index is 998. The molecule has 2 aromatic carbocycles. The normalized spacial score (nSPS) is 20.4. The number of hydrogen-bond donors (Lipinski definition) is 2. The summed E-state index contributed by atoms with van der Waals surface area (Å²) in [6.45, 7) is 4.12. The zero-order valence-corrected chi connectivity index (χ0v) is 16.8. The zero-order chi connectivity index (χ0) is 20.4. The molecule has 1 aromatic heterocycles. The van der Waals surface area contributed by atoms with Crippen LogP contribution in [0.3, 0.4) is 0 Å². The van der Waals surface area contributed by atoms with Gasteiger partial charge in [0.25, 0.3) is 0 Å². The minimum Gasteiger partial charge on any atom is -0.495 e. The number of nitrogens with one attached hydrogen (secondary N) is 2. The van der Waals surface area contributed by atoms with Gasteiger partial charge in [0, 0.05) is 6.04 Å². The molecule has 1 aliphatic rings. The van der Waals surface area contributed by atoms with Crippen molar-refractivity contribution in [2.45, 2.75) is 32.4 Å². The first-order chi connectivity index (χ1) is 14.1. The summed E-state index contributed by atoms with van der Waals surface area (Å²) >= 11 is 0. The van der Waals surface area contributed by atoms with Crippen LogP contribution in [-0.2, 0) is 11.2 Å². The molecule has 1 amide bonds. The van der Waals surface area contributed by atoms with Crippen LogP contribution >= 0.6 is 0 Å². The second-order valence-electron chi connectivity index (χ2n) is 7.22. The predicted molar refractivity (Wildman–Crippen MR) is 112 cm³/mol. The Hall–Kier alpha value is -3.35. The molecule has 29 heavy (non-hydrogen) atoms. The topological polar surface area (TPSA) is 81.1 Å². The molecule has 0 bridgehead atoms. The highest BCUT2D eigenvalue weighted by molar-refractivity contribution is 5.95. The number of aromatic nitrogens is 3. The lowest BCUT2D eigenvalue weighted by molar-refractivity contribution is -0.121. The van der Waals surface area contributed by atoms with Gasteiger partial charge in [-0.15, -0.1) is 0 Å². The summed E-state index contributed by atoms with van der Waals surface area (Å²) in [6, 6.07) is 15.4. The summed E-state index contributed by atoms with van der Waals surface area (Å²) in [4.78, 5) is 17.7. The third-order valence-electron chi connectivity index (χ3n) is 5.47. The summed E-state index contributed by atoms with van der Waals surface area (Å²) in [6.07, 6.45) is 2.48. The summed E-state index contributed by atoms with van der Waals surface area (Å²) in [5, 5.41) is 10.7. The van der Waals surface area contributed by atoms with Gasteiger partial charge in [0.2, 0.25) is 11.9 Å². The number of hydrogen-bond acceptors (Lipinski definition) is 5. The number of para-hydroxylation sites is 2. The maximum Gasteiger partial charge on any atom is 0.232 e.